The van der Waals surface area contributed by atoms with Gasteiger partial charge in [0.2, 0.25) is 0 Å². The number of benzene rings is 1. The smallest absolute Gasteiger partial charge is 0.254 e. The minimum absolute atomic E-state index is 0.144. The lowest BCUT2D eigenvalue weighted by atomic mass is 10.2. The van der Waals surface area contributed by atoms with Crippen LogP contribution in [0.2, 0.25) is 0 Å². The van der Waals surface area contributed by atoms with E-state index >= 15 is 0 Å². The number of carbonyl (C=O) groups is 1. The van der Waals surface area contributed by atoms with Gasteiger partial charge in [0.1, 0.15) is 12.0 Å². The molecule has 1 aromatic heterocycles. The zero-order valence-corrected chi connectivity index (χ0v) is 9.47. The Labute approximate surface area is 99.2 Å². The highest BCUT2D eigenvalue weighted by Gasteiger charge is 2.05. The van der Waals surface area contributed by atoms with Gasteiger partial charge in [-0.15, -0.1) is 0 Å². The Kier molecular flexibility index (Phi) is 3.45. The van der Waals surface area contributed by atoms with Crippen LogP contribution in [0.25, 0.3) is 0 Å². The summed E-state index contributed by atoms with van der Waals surface area (Å²) in [5.41, 5.74) is 1.54. The molecule has 0 saturated carbocycles. The molecule has 1 heterocycles. The van der Waals surface area contributed by atoms with Crippen molar-refractivity contribution in [2.45, 2.75) is 6.54 Å². The first kappa shape index (κ1) is 11.3. The highest BCUT2D eigenvalue weighted by atomic mass is 16.5. The molecule has 17 heavy (non-hydrogen) atoms. The second-order valence-corrected chi connectivity index (χ2v) is 3.54. The fourth-order valence-corrected chi connectivity index (χ4v) is 1.42. The van der Waals surface area contributed by atoms with E-state index in [1.54, 1.807) is 13.2 Å². The third-order valence-corrected chi connectivity index (χ3v) is 2.40. The van der Waals surface area contributed by atoms with Gasteiger partial charge in [0, 0.05) is 6.54 Å². The summed E-state index contributed by atoms with van der Waals surface area (Å²) >= 11 is 0. The van der Waals surface area contributed by atoms with Crippen LogP contribution in [0.5, 0.6) is 5.75 Å². The zero-order valence-electron chi connectivity index (χ0n) is 9.47. The van der Waals surface area contributed by atoms with E-state index in [2.05, 4.69) is 5.32 Å². The van der Waals surface area contributed by atoms with E-state index in [1.807, 2.05) is 24.3 Å². The van der Waals surface area contributed by atoms with Crippen molar-refractivity contribution in [2.75, 3.05) is 7.11 Å². The van der Waals surface area contributed by atoms with E-state index in [4.69, 9.17) is 9.15 Å². The first-order chi connectivity index (χ1) is 8.29. The Morgan fingerprint density at radius 1 is 1.29 bits per heavy atom. The summed E-state index contributed by atoms with van der Waals surface area (Å²) < 4.78 is 9.89. The van der Waals surface area contributed by atoms with Gasteiger partial charge in [0.05, 0.1) is 18.9 Å². The lowest BCUT2D eigenvalue weighted by Gasteiger charge is -2.05. The molecule has 0 fully saturated rings. The molecule has 0 spiro atoms. The maximum Gasteiger partial charge on any atom is 0.254 e. The van der Waals surface area contributed by atoms with Crippen molar-refractivity contribution in [3.8, 4) is 5.75 Å². The van der Waals surface area contributed by atoms with Gasteiger partial charge in [-0.2, -0.15) is 0 Å². The number of hydrogen-bond acceptors (Lipinski definition) is 3. The highest BCUT2D eigenvalue weighted by Crippen LogP contribution is 2.11. The Bertz CT molecular complexity index is 474. The van der Waals surface area contributed by atoms with Crippen LogP contribution < -0.4 is 10.1 Å². The Hall–Kier alpha value is -2.23. The van der Waals surface area contributed by atoms with Crippen molar-refractivity contribution < 1.29 is 13.9 Å². The fourth-order valence-electron chi connectivity index (χ4n) is 1.42. The average molecular weight is 231 g/mol. The maximum absolute atomic E-state index is 11.6. The summed E-state index contributed by atoms with van der Waals surface area (Å²) in [7, 11) is 1.62. The molecule has 0 aliphatic carbocycles. The van der Waals surface area contributed by atoms with Crippen LogP contribution in [0, 0.1) is 0 Å². The predicted molar refractivity (Wildman–Crippen MR) is 62.9 cm³/mol. The molecular formula is C13H13NO3. The second kappa shape index (κ2) is 5.21. The minimum atomic E-state index is -0.144. The molecule has 0 bridgehead atoms. The van der Waals surface area contributed by atoms with Gasteiger partial charge >= 0.3 is 0 Å². The van der Waals surface area contributed by atoms with Crippen LogP contribution >= 0.6 is 0 Å². The van der Waals surface area contributed by atoms with Crippen LogP contribution in [-0.2, 0) is 6.54 Å². The molecule has 4 nitrogen and oxygen atoms in total. The van der Waals surface area contributed by atoms with E-state index in [1.165, 1.54) is 12.5 Å². The number of hydrogen-bond donors (Lipinski definition) is 1. The molecule has 0 aliphatic rings. The predicted octanol–water partition coefficient (Wildman–Crippen LogP) is 2.22. The van der Waals surface area contributed by atoms with E-state index in [0.717, 1.165) is 11.3 Å². The standard InChI is InChI=1S/C13H13NO3/c1-16-12-4-2-10(3-5-12)8-14-13(15)11-6-7-17-9-11/h2-7,9H,8H2,1H3,(H,14,15). The molecule has 2 aromatic rings. The monoisotopic (exact) mass is 231 g/mol. The van der Waals surface area contributed by atoms with Crippen molar-refractivity contribution in [1.82, 2.24) is 5.32 Å². The van der Waals surface area contributed by atoms with Crippen molar-refractivity contribution >= 4 is 5.91 Å². The van der Waals surface area contributed by atoms with Crippen LogP contribution in [0.3, 0.4) is 0 Å². The fraction of sp³-hybridized carbons (Fsp3) is 0.154. The minimum Gasteiger partial charge on any atom is -0.497 e. The van der Waals surface area contributed by atoms with Gasteiger partial charge in [-0.05, 0) is 23.8 Å². The lowest BCUT2D eigenvalue weighted by molar-refractivity contribution is 0.0950. The first-order valence-corrected chi connectivity index (χ1v) is 5.23. The number of rotatable bonds is 4. The molecule has 1 aromatic carbocycles. The summed E-state index contributed by atoms with van der Waals surface area (Å²) in [6.07, 6.45) is 2.89. The average Bonchev–Trinajstić information content (AvgIpc) is 2.90. The van der Waals surface area contributed by atoms with Gasteiger partial charge < -0.3 is 14.5 Å². The van der Waals surface area contributed by atoms with Crippen molar-refractivity contribution in [2.24, 2.45) is 0 Å². The van der Waals surface area contributed by atoms with Gasteiger partial charge in [0.15, 0.2) is 0 Å². The quantitative estimate of drug-likeness (QED) is 0.877. The summed E-state index contributed by atoms with van der Waals surface area (Å²) in [6.45, 7) is 0.480. The molecular weight excluding hydrogens is 218 g/mol. The molecule has 4 heteroatoms. The molecule has 0 radical (unpaired) electrons. The summed E-state index contributed by atoms with van der Waals surface area (Å²) in [4.78, 5) is 11.6. The molecule has 2 rings (SSSR count). The molecule has 0 aliphatic heterocycles. The second-order valence-electron chi connectivity index (χ2n) is 3.54. The van der Waals surface area contributed by atoms with E-state index in [9.17, 15) is 4.79 Å². The SMILES string of the molecule is COc1ccc(CNC(=O)c2ccoc2)cc1. The number of methoxy groups -OCH3 is 1. The zero-order chi connectivity index (χ0) is 12.1. The van der Waals surface area contributed by atoms with Crippen molar-refractivity contribution in [1.29, 1.82) is 0 Å². The number of amides is 1. The molecule has 0 atom stereocenters. The van der Waals surface area contributed by atoms with Crippen LogP contribution in [-0.4, -0.2) is 13.0 Å². The van der Waals surface area contributed by atoms with E-state index in [-0.39, 0.29) is 5.91 Å². The third-order valence-electron chi connectivity index (χ3n) is 2.40. The first-order valence-electron chi connectivity index (χ1n) is 5.23. The number of furan rings is 1. The lowest BCUT2D eigenvalue weighted by Crippen LogP contribution is -2.22. The van der Waals surface area contributed by atoms with Gasteiger partial charge in [-0.25, -0.2) is 0 Å². The summed E-state index contributed by atoms with van der Waals surface area (Å²) in [6, 6.07) is 9.17. The summed E-state index contributed by atoms with van der Waals surface area (Å²) in [5, 5.41) is 2.80. The number of nitrogens with one attached hydrogen (secondary N) is 1. The largest absolute Gasteiger partial charge is 0.497 e. The Balaban J connectivity index is 1.91. The van der Waals surface area contributed by atoms with Crippen LogP contribution in [0.4, 0.5) is 0 Å². The molecule has 1 amide bonds. The molecule has 0 saturated heterocycles. The Morgan fingerprint density at radius 3 is 2.65 bits per heavy atom. The molecule has 88 valence electrons. The topological polar surface area (TPSA) is 51.5 Å². The van der Waals surface area contributed by atoms with E-state index in [0.29, 0.717) is 12.1 Å². The van der Waals surface area contributed by atoms with Crippen molar-refractivity contribution in [3.05, 3.63) is 54.0 Å². The van der Waals surface area contributed by atoms with E-state index < -0.39 is 0 Å². The third kappa shape index (κ3) is 2.87. The highest BCUT2D eigenvalue weighted by molar-refractivity contribution is 5.93. The molecule has 1 N–H and O–H groups in total. The number of carbonyl (C=O) groups excluding carboxylic acids is 1. The van der Waals surface area contributed by atoms with Gasteiger partial charge in [0.25, 0.3) is 5.91 Å². The number of ether oxygens (including phenoxy) is 1. The maximum atomic E-state index is 11.6. The molecule has 0 unspecified atom stereocenters. The van der Waals surface area contributed by atoms with Crippen LogP contribution in [0.1, 0.15) is 15.9 Å². The van der Waals surface area contributed by atoms with Crippen molar-refractivity contribution in [3.63, 3.8) is 0 Å². The van der Waals surface area contributed by atoms with Gasteiger partial charge in [-0.3, -0.25) is 4.79 Å². The Morgan fingerprint density at radius 2 is 2.06 bits per heavy atom. The summed E-state index contributed by atoms with van der Waals surface area (Å²) in [5.74, 6) is 0.657. The van der Waals surface area contributed by atoms with Gasteiger partial charge in [-0.1, -0.05) is 12.1 Å². The normalized spacial score (nSPS) is 9.94. The van der Waals surface area contributed by atoms with Crippen LogP contribution in [0.15, 0.2) is 47.3 Å².